The molecule has 2 aromatic heterocycles. The normalized spacial score (nSPS) is 11.1. The standard InChI is InChI=1S/C12H8ClN3OSSe/c1-6-14-10(13)9(18)11(15-6)16-12(17)7-4-2-3-5-8(7)19-16/h2-5,18H,1H3. The SMILES string of the molecule is Cc1nc(Cl)c(S)c(-n2[se]c3ccccc3c2=O)n1. The molecule has 0 aliphatic carbocycles. The first-order valence-electron chi connectivity index (χ1n) is 5.42. The number of thiol groups is 1. The Bertz CT molecular complexity index is 843. The Morgan fingerprint density at radius 1 is 1.32 bits per heavy atom. The Hall–Kier alpha value is -1.07. The second-order valence-electron chi connectivity index (χ2n) is 3.92. The van der Waals surface area contributed by atoms with E-state index in [2.05, 4.69) is 22.6 Å². The number of halogens is 1. The molecule has 4 nitrogen and oxygen atoms in total. The van der Waals surface area contributed by atoms with Gasteiger partial charge in [-0.2, -0.15) is 0 Å². The quantitative estimate of drug-likeness (QED) is 0.412. The van der Waals surface area contributed by atoms with Crippen LogP contribution in [0.25, 0.3) is 15.5 Å². The summed E-state index contributed by atoms with van der Waals surface area (Å²) in [4.78, 5) is 21.1. The van der Waals surface area contributed by atoms with Crippen LogP contribution in [0.5, 0.6) is 0 Å². The molecule has 0 radical (unpaired) electrons. The van der Waals surface area contributed by atoms with Crippen LogP contribution in [0.4, 0.5) is 0 Å². The average molecular weight is 357 g/mol. The number of nitrogens with zero attached hydrogens (tertiary/aromatic N) is 3. The predicted octanol–water partition coefficient (Wildman–Crippen LogP) is 2.09. The van der Waals surface area contributed by atoms with Crippen LogP contribution in [0, 0.1) is 6.92 Å². The summed E-state index contributed by atoms with van der Waals surface area (Å²) in [6, 6.07) is 7.57. The van der Waals surface area contributed by atoms with Gasteiger partial charge < -0.3 is 0 Å². The predicted molar refractivity (Wildman–Crippen MR) is 79.1 cm³/mol. The molecule has 2 heterocycles. The van der Waals surface area contributed by atoms with Crippen molar-refractivity contribution in [2.45, 2.75) is 11.8 Å². The van der Waals surface area contributed by atoms with E-state index in [1.54, 1.807) is 10.5 Å². The Balaban J connectivity index is 2.37. The van der Waals surface area contributed by atoms with Gasteiger partial charge in [-0.3, -0.25) is 0 Å². The van der Waals surface area contributed by atoms with E-state index in [0.29, 0.717) is 16.5 Å². The van der Waals surface area contributed by atoms with E-state index < -0.39 is 0 Å². The second-order valence-corrected chi connectivity index (χ2v) is 6.80. The minimum absolute atomic E-state index is 0.0555. The molecule has 3 rings (SSSR count). The van der Waals surface area contributed by atoms with Crippen LogP contribution in [-0.4, -0.2) is 28.3 Å². The van der Waals surface area contributed by atoms with Gasteiger partial charge in [0.15, 0.2) is 0 Å². The molecular formula is C12H8ClN3OSSe. The topological polar surface area (TPSA) is 47.8 Å². The van der Waals surface area contributed by atoms with E-state index in [1.807, 2.05) is 24.3 Å². The van der Waals surface area contributed by atoms with Crippen LogP contribution >= 0.6 is 24.2 Å². The van der Waals surface area contributed by atoms with Crippen molar-refractivity contribution < 1.29 is 0 Å². The summed E-state index contributed by atoms with van der Waals surface area (Å²) in [6.45, 7) is 1.74. The first-order valence-corrected chi connectivity index (χ1v) is 7.87. The Labute approximate surface area is 125 Å². The van der Waals surface area contributed by atoms with Crippen LogP contribution < -0.4 is 5.56 Å². The van der Waals surface area contributed by atoms with Gasteiger partial charge in [-0.25, -0.2) is 0 Å². The summed E-state index contributed by atoms with van der Waals surface area (Å²) in [6.07, 6.45) is 0. The van der Waals surface area contributed by atoms with Gasteiger partial charge in [0.25, 0.3) is 0 Å². The van der Waals surface area contributed by atoms with Gasteiger partial charge in [-0.1, -0.05) is 0 Å². The number of hydrogen-bond donors (Lipinski definition) is 1. The second kappa shape index (κ2) is 4.80. The first-order chi connectivity index (χ1) is 9.08. The monoisotopic (exact) mass is 357 g/mol. The van der Waals surface area contributed by atoms with Gasteiger partial charge in [-0.05, 0) is 0 Å². The summed E-state index contributed by atoms with van der Waals surface area (Å²) in [5.41, 5.74) is -0.0555. The molecule has 0 saturated heterocycles. The van der Waals surface area contributed by atoms with E-state index in [0.717, 1.165) is 9.65 Å². The van der Waals surface area contributed by atoms with Crippen molar-refractivity contribution in [2.75, 3.05) is 0 Å². The Morgan fingerprint density at radius 2 is 2.05 bits per heavy atom. The number of aryl methyl sites for hydroxylation is 1. The molecule has 3 aromatic rings. The van der Waals surface area contributed by atoms with Crippen LogP contribution in [0.15, 0.2) is 34.0 Å². The van der Waals surface area contributed by atoms with Gasteiger partial charge in [0, 0.05) is 0 Å². The number of aromatic nitrogens is 3. The molecule has 0 atom stereocenters. The summed E-state index contributed by atoms with van der Waals surface area (Å²) >= 11 is 10.2. The molecular weight excluding hydrogens is 349 g/mol. The van der Waals surface area contributed by atoms with Gasteiger partial charge in [-0.15, -0.1) is 0 Å². The third kappa shape index (κ3) is 2.15. The summed E-state index contributed by atoms with van der Waals surface area (Å²) < 4.78 is 2.68. The molecule has 0 spiro atoms. The fourth-order valence-corrected chi connectivity index (χ4v) is 4.41. The zero-order valence-electron chi connectivity index (χ0n) is 9.79. The fraction of sp³-hybridized carbons (Fsp3) is 0.0833. The zero-order chi connectivity index (χ0) is 13.6. The number of fused-ring (bicyclic) bond motifs is 1. The third-order valence-electron chi connectivity index (χ3n) is 2.62. The molecule has 0 fully saturated rings. The van der Waals surface area contributed by atoms with Crippen molar-refractivity contribution >= 4 is 48.6 Å². The summed E-state index contributed by atoms with van der Waals surface area (Å²) in [5.74, 6) is 1.01. The third-order valence-corrected chi connectivity index (χ3v) is 5.69. The van der Waals surface area contributed by atoms with Crippen molar-refractivity contribution in [1.82, 2.24) is 13.5 Å². The molecule has 0 unspecified atom stereocenters. The summed E-state index contributed by atoms with van der Waals surface area (Å²) in [7, 11) is 0. The average Bonchev–Trinajstić information content (AvgIpc) is 2.72. The van der Waals surface area contributed by atoms with Crippen molar-refractivity contribution in [2.24, 2.45) is 0 Å². The van der Waals surface area contributed by atoms with E-state index in [9.17, 15) is 4.79 Å². The van der Waals surface area contributed by atoms with Gasteiger partial charge in [0.2, 0.25) is 0 Å². The first kappa shape index (κ1) is 12.9. The van der Waals surface area contributed by atoms with Crippen molar-refractivity contribution in [3.05, 3.63) is 45.6 Å². The van der Waals surface area contributed by atoms with Gasteiger partial charge in [0.05, 0.1) is 0 Å². The summed E-state index contributed by atoms with van der Waals surface area (Å²) in [5, 5.41) is 0.994. The molecule has 0 aliphatic heterocycles. The van der Waals surface area contributed by atoms with E-state index in [-0.39, 0.29) is 25.4 Å². The molecule has 0 saturated carbocycles. The molecule has 0 amide bonds. The Morgan fingerprint density at radius 3 is 2.79 bits per heavy atom. The number of hydrogen-bond acceptors (Lipinski definition) is 4. The number of rotatable bonds is 1. The van der Waals surface area contributed by atoms with Crippen molar-refractivity contribution in [1.29, 1.82) is 0 Å². The van der Waals surface area contributed by atoms with Crippen molar-refractivity contribution in [3.8, 4) is 5.82 Å². The Kier molecular flexibility index (Phi) is 3.27. The van der Waals surface area contributed by atoms with Crippen LogP contribution in [-0.2, 0) is 0 Å². The molecule has 0 N–H and O–H groups in total. The van der Waals surface area contributed by atoms with E-state index >= 15 is 0 Å². The van der Waals surface area contributed by atoms with Crippen molar-refractivity contribution in [3.63, 3.8) is 0 Å². The zero-order valence-corrected chi connectivity index (χ0v) is 13.2. The van der Waals surface area contributed by atoms with E-state index in [4.69, 9.17) is 11.6 Å². The van der Waals surface area contributed by atoms with Crippen LogP contribution in [0.3, 0.4) is 0 Å². The van der Waals surface area contributed by atoms with Crippen LogP contribution in [0.1, 0.15) is 5.82 Å². The molecule has 0 aliphatic rings. The van der Waals surface area contributed by atoms with Crippen LogP contribution in [0.2, 0.25) is 5.15 Å². The van der Waals surface area contributed by atoms with E-state index in [1.165, 1.54) is 0 Å². The molecule has 96 valence electrons. The molecule has 0 bridgehead atoms. The fourth-order valence-electron chi connectivity index (χ4n) is 1.77. The molecule has 1 aromatic carbocycles. The number of benzene rings is 1. The maximum atomic E-state index is 12.4. The molecule has 19 heavy (non-hydrogen) atoms. The van der Waals surface area contributed by atoms with Gasteiger partial charge >= 0.3 is 125 Å². The molecule has 7 heteroatoms. The maximum absolute atomic E-state index is 12.4. The minimum atomic E-state index is -0.144. The van der Waals surface area contributed by atoms with Gasteiger partial charge in [0.1, 0.15) is 0 Å².